The van der Waals surface area contributed by atoms with Crippen LogP contribution in [0.1, 0.15) is 30.9 Å². The van der Waals surface area contributed by atoms with Gasteiger partial charge in [-0.15, -0.1) is 0 Å². The lowest BCUT2D eigenvalue weighted by atomic mass is 9.74. The van der Waals surface area contributed by atoms with Crippen LogP contribution in [0.25, 0.3) is 0 Å². The van der Waals surface area contributed by atoms with Crippen LogP contribution in [-0.4, -0.2) is 52.7 Å². The summed E-state index contributed by atoms with van der Waals surface area (Å²) in [5, 5.41) is 6.99. The number of nitrogens with one attached hydrogen (secondary N) is 2. The Morgan fingerprint density at radius 1 is 1.03 bits per heavy atom. The van der Waals surface area contributed by atoms with Gasteiger partial charge >= 0.3 is 0 Å². The molecule has 2 aromatic rings. The molecule has 0 unspecified atom stereocenters. The standard InChI is InChI=1S/C25H33N3O4/c1-3-30-21-7-5-20(6-8-21)25(11-14-29-15-12-25)17-28-24(26-2)27-13-10-19-4-9-22-23(16-19)32-18-31-22/h4-9,16H,3,10-15,17-18H2,1-2H3,(H2,26,27,28). The lowest BCUT2D eigenvalue weighted by Crippen LogP contribution is -2.48. The Balaban J connectivity index is 1.34. The van der Waals surface area contributed by atoms with Crippen molar-refractivity contribution in [2.75, 3.05) is 46.8 Å². The maximum atomic E-state index is 5.67. The number of aliphatic imine (C=N–C) groups is 1. The monoisotopic (exact) mass is 439 g/mol. The minimum Gasteiger partial charge on any atom is -0.494 e. The number of benzene rings is 2. The summed E-state index contributed by atoms with van der Waals surface area (Å²) in [6.45, 7) is 6.09. The SMILES string of the molecule is CCOc1ccc(C2(CNC(=NC)NCCc3ccc4c(c3)OCO4)CCOCC2)cc1. The van der Waals surface area contributed by atoms with Gasteiger partial charge < -0.3 is 29.6 Å². The molecule has 0 atom stereocenters. The molecular formula is C25H33N3O4. The van der Waals surface area contributed by atoms with E-state index < -0.39 is 0 Å². The normalized spacial score (nSPS) is 17.1. The van der Waals surface area contributed by atoms with Crippen LogP contribution < -0.4 is 24.8 Å². The van der Waals surface area contributed by atoms with E-state index in [0.717, 1.165) is 68.8 Å². The van der Waals surface area contributed by atoms with Crippen molar-refractivity contribution >= 4 is 5.96 Å². The molecule has 7 nitrogen and oxygen atoms in total. The predicted octanol–water partition coefficient (Wildman–Crippen LogP) is 3.27. The molecule has 0 radical (unpaired) electrons. The number of nitrogens with zero attached hydrogens (tertiary/aromatic N) is 1. The summed E-state index contributed by atoms with van der Waals surface area (Å²) in [4.78, 5) is 4.42. The zero-order chi connectivity index (χ0) is 22.2. The smallest absolute Gasteiger partial charge is 0.231 e. The van der Waals surface area contributed by atoms with Crippen molar-refractivity contribution < 1.29 is 18.9 Å². The molecule has 0 saturated carbocycles. The van der Waals surface area contributed by atoms with Crippen molar-refractivity contribution in [3.63, 3.8) is 0 Å². The van der Waals surface area contributed by atoms with Crippen LogP contribution in [0.5, 0.6) is 17.2 Å². The van der Waals surface area contributed by atoms with Crippen LogP contribution in [0.3, 0.4) is 0 Å². The van der Waals surface area contributed by atoms with Gasteiger partial charge in [-0.05, 0) is 61.6 Å². The maximum Gasteiger partial charge on any atom is 0.231 e. The first kappa shape index (κ1) is 22.3. The molecule has 32 heavy (non-hydrogen) atoms. The number of hydrogen-bond donors (Lipinski definition) is 2. The minimum atomic E-state index is 0.0118. The fourth-order valence-electron chi connectivity index (χ4n) is 4.30. The van der Waals surface area contributed by atoms with E-state index in [0.29, 0.717) is 13.4 Å². The number of guanidine groups is 1. The average Bonchev–Trinajstić information content (AvgIpc) is 3.30. The summed E-state index contributed by atoms with van der Waals surface area (Å²) < 4.78 is 22.1. The predicted molar refractivity (Wildman–Crippen MR) is 125 cm³/mol. The fourth-order valence-corrected chi connectivity index (χ4v) is 4.30. The van der Waals surface area contributed by atoms with Crippen LogP contribution in [0.2, 0.25) is 0 Å². The topological polar surface area (TPSA) is 73.3 Å². The van der Waals surface area contributed by atoms with E-state index in [1.54, 1.807) is 0 Å². The van der Waals surface area contributed by atoms with E-state index in [2.05, 4.69) is 46.0 Å². The van der Waals surface area contributed by atoms with Crippen LogP contribution >= 0.6 is 0 Å². The molecule has 0 aromatic heterocycles. The molecule has 1 fully saturated rings. The van der Waals surface area contributed by atoms with E-state index in [1.165, 1.54) is 11.1 Å². The molecule has 4 rings (SSSR count). The van der Waals surface area contributed by atoms with Crippen LogP contribution in [0.15, 0.2) is 47.5 Å². The highest BCUT2D eigenvalue weighted by molar-refractivity contribution is 5.79. The average molecular weight is 440 g/mol. The van der Waals surface area contributed by atoms with Crippen LogP contribution in [-0.2, 0) is 16.6 Å². The van der Waals surface area contributed by atoms with E-state index in [9.17, 15) is 0 Å². The van der Waals surface area contributed by atoms with Crippen molar-refractivity contribution in [3.05, 3.63) is 53.6 Å². The van der Waals surface area contributed by atoms with Crippen molar-refractivity contribution in [2.45, 2.75) is 31.6 Å². The number of fused-ring (bicyclic) bond motifs is 1. The van der Waals surface area contributed by atoms with Gasteiger partial charge in [0, 0.05) is 38.8 Å². The van der Waals surface area contributed by atoms with Crippen LogP contribution in [0.4, 0.5) is 0 Å². The summed E-state index contributed by atoms with van der Waals surface area (Å²) in [7, 11) is 1.81. The third-order valence-electron chi connectivity index (χ3n) is 6.19. The van der Waals surface area contributed by atoms with E-state index in [-0.39, 0.29) is 5.41 Å². The van der Waals surface area contributed by atoms with Crippen LogP contribution in [0, 0.1) is 0 Å². The maximum absolute atomic E-state index is 5.67. The Hall–Kier alpha value is -2.93. The molecule has 172 valence electrons. The largest absolute Gasteiger partial charge is 0.494 e. The first-order valence-corrected chi connectivity index (χ1v) is 11.4. The number of ether oxygens (including phenoxy) is 4. The second-order valence-electron chi connectivity index (χ2n) is 8.14. The summed E-state index contributed by atoms with van der Waals surface area (Å²) in [6, 6.07) is 14.6. The molecule has 2 aromatic carbocycles. The molecular weight excluding hydrogens is 406 g/mol. The first-order valence-electron chi connectivity index (χ1n) is 11.4. The molecule has 7 heteroatoms. The van der Waals surface area contributed by atoms with Gasteiger partial charge in [0.25, 0.3) is 0 Å². The number of hydrogen-bond acceptors (Lipinski definition) is 5. The van der Waals surface area contributed by atoms with Crippen molar-refractivity contribution in [3.8, 4) is 17.2 Å². The second-order valence-corrected chi connectivity index (χ2v) is 8.14. The molecule has 0 spiro atoms. The van der Waals surface area contributed by atoms with Gasteiger partial charge in [-0.25, -0.2) is 0 Å². The summed E-state index contributed by atoms with van der Waals surface area (Å²) in [5.41, 5.74) is 2.53. The van der Waals surface area contributed by atoms with Gasteiger partial charge in [-0.1, -0.05) is 18.2 Å². The highest BCUT2D eigenvalue weighted by Crippen LogP contribution is 2.35. The van der Waals surface area contributed by atoms with Gasteiger partial charge in [-0.3, -0.25) is 4.99 Å². The molecule has 0 amide bonds. The quantitative estimate of drug-likeness (QED) is 0.486. The van der Waals surface area contributed by atoms with Gasteiger partial charge in [0.1, 0.15) is 5.75 Å². The lowest BCUT2D eigenvalue weighted by Gasteiger charge is -2.38. The van der Waals surface area contributed by atoms with Gasteiger partial charge in [0.15, 0.2) is 17.5 Å². The molecule has 2 aliphatic heterocycles. The molecule has 0 bridgehead atoms. The zero-order valence-electron chi connectivity index (χ0n) is 19.0. The van der Waals surface area contributed by atoms with E-state index >= 15 is 0 Å². The van der Waals surface area contributed by atoms with Gasteiger partial charge in [0.05, 0.1) is 6.61 Å². The summed E-state index contributed by atoms with van der Waals surface area (Å²) in [5.74, 6) is 3.35. The highest BCUT2D eigenvalue weighted by Gasteiger charge is 2.34. The fraction of sp³-hybridized carbons (Fsp3) is 0.480. The third-order valence-corrected chi connectivity index (χ3v) is 6.19. The van der Waals surface area contributed by atoms with E-state index in [4.69, 9.17) is 18.9 Å². The van der Waals surface area contributed by atoms with Gasteiger partial charge in [-0.2, -0.15) is 0 Å². The Morgan fingerprint density at radius 2 is 1.81 bits per heavy atom. The Morgan fingerprint density at radius 3 is 2.56 bits per heavy atom. The Kier molecular flexibility index (Phi) is 7.37. The second kappa shape index (κ2) is 10.6. The van der Waals surface area contributed by atoms with E-state index in [1.807, 2.05) is 26.1 Å². The molecule has 1 saturated heterocycles. The Labute approximate surface area is 190 Å². The van der Waals surface area contributed by atoms with Gasteiger partial charge in [0.2, 0.25) is 6.79 Å². The van der Waals surface area contributed by atoms with Crippen molar-refractivity contribution in [2.24, 2.45) is 4.99 Å². The Bertz CT molecular complexity index is 908. The molecule has 2 N–H and O–H groups in total. The van der Waals surface area contributed by atoms with Crippen molar-refractivity contribution in [1.29, 1.82) is 0 Å². The zero-order valence-corrected chi connectivity index (χ0v) is 19.0. The van der Waals surface area contributed by atoms with Crippen molar-refractivity contribution in [1.82, 2.24) is 10.6 Å². The molecule has 2 heterocycles. The lowest BCUT2D eigenvalue weighted by molar-refractivity contribution is 0.0513. The number of rotatable bonds is 8. The highest BCUT2D eigenvalue weighted by atomic mass is 16.7. The molecule has 0 aliphatic carbocycles. The minimum absolute atomic E-state index is 0.0118. The third kappa shape index (κ3) is 5.27. The summed E-state index contributed by atoms with van der Waals surface area (Å²) in [6.07, 6.45) is 2.82. The molecule has 2 aliphatic rings. The first-order chi connectivity index (χ1) is 15.7. The summed E-state index contributed by atoms with van der Waals surface area (Å²) >= 11 is 0.